The number of nitro groups is 1. The van der Waals surface area contributed by atoms with Crippen LogP contribution < -0.4 is 5.32 Å². The Morgan fingerprint density at radius 3 is 2.70 bits per heavy atom. The van der Waals surface area contributed by atoms with Gasteiger partial charge in [-0.05, 0) is 38.8 Å². The van der Waals surface area contributed by atoms with Gasteiger partial charge < -0.3 is 10.2 Å². The third-order valence-electron chi connectivity index (χ3n) is 5.27. The minimum Gasteiger partial charge on any atom is -0.340 e. The van der Waals surface area contributed by atoms with Crippen molar-refractivity contribution in [3.63, 3.8) is 0 Å². The van der Waals surface area contributed by atoms with Crippen molar-refractivity contribution in [1.82, 2.24) is 14.5 Å². The fourth-order valence-corrected chi connectivity index (χ4v) is 5.48. The van der Waals surface area contributed by atoms with E-state index in [2.05, 4.69) is 5.32 Å². The number of nitrogens with zero attached hydrogens (tertiary/aromatic N) is 3. The lowest BCUT2D eigenvalue weighted by Crippen LogP contribution is -2.53. The maximum atomic E-state index is 13.0. The molecule has 0 radical (unpaired) electrons. The zero-order chi connectivity index (χ0) is 19.6. The van der Waals surface area contributed by atoms with Crippen molar-refractivity contribution in [1.29, 1.82) is 0 Å². The lowest BCUT2D eigenvalue weighted by molar-refractivity contribution is -0.385. The second-order valence-electron chi connectivity index (χ2n) is 6.94. The van der Waals surface area contributed by atoms with Crippen LogP contribution >= 0.6 is 0 Å². The number of rotatable bonds is 5. The summed E-state index contributed by atoms with van der Waals surface area (Å²) >= 11 is 0. The monoisotopic (exact) mass is 396 g/mol. The van der Waals surface area contributed by atoms with Crippen LogP contribution in [0.2, 0.25) is 0 Å². The number of carbonyl (C=O) groups is 1. The standard InChI is InChI=1S/C17H24N4O5S/c1-18-13-5-3-9-19(12-13)17(22)16-8-4-10-20(16)27(25,26)15-7-2-6-14(11-15)21(23)24/h2,6-7,11,13,16,18H,3-5,8-10,12H2,1H3. The minimum absolute atomic E-state index is 0.150. The first kappa shape index (κ1) is 19.7. The Morgan fingerprint density at radius 1 is 1.26 bits per heavy atom. The molecule has 0 aliphatic carbocycles. The third kappa shape index (κ3) is 3.97. The van der Waals surface area contributed by atoms with E-state index in [1.807, 2.05) is 7.05 Å². The largest absolute Gasteiger partial charge is 0.340 e. The number of piperidine rings is 1. The van der Waals surface area contributed by atoms with Crippen molar-refractivity contribution in [2.24, 2.45) is 0 Å². The van der Waals surface area contributed by atoms with Gasteiger partial charge in [-0.15, -0.1) is 0 Å². The fourth-order valence-electron chi connectivity index (χ4n) is 3.79. The number of hydrogen-bond acceptors (Lipinski definition) is 6. The molecule has 27 heavy (non-hydrogen) atoms. The summed E-state index contributed by atoms with van der Waals surface area (Å²) in [6.07, 6.45) is 2.92. The van der Waals surface area contributed by atoms with E-state index in [9.17, 15) is 23.3 Å². The van der Waals surface area contributed by atoms with Gasteiger partial charge in [0.2, 0.25) is 15.9 Å². The van der Waals surface area contributed by atoms with Gasteiger partial charge in [0.25, 0.3) is 5.69 Å². The van der Waals surface area contributed by atoms with Crippen LogP contribution in [0.5, 0.6) is 0 Å². The highest BCUT2D eigenvalue weighted by molar-refractivity contribution is 7.89. The Balaban J connectivity index is 1.83. The predicted octanol–water partition coefficient (Wildman–Crippen LogP) is 0.958. The van der Waals surface area contributed by atoms with Crippen molar-refractivity contribution in [3.8, 4) is 0 Å². The maximum Gasteiger partial charge on any atom is 0.270 e. The molecular weight excluding hydrogens is 372 g/mol. The summed E-state index contributed by atoms with van der Waals surface area (Å²) in [7, 11) is -2.13. The number of carbonyl (C=O) groups excluding carboxylic acids is 1. The summed E-state index contributed by atoms with van der Waals surface area (Å²) < 4.78 is 27.3. The van der Waals surface area contributed by atoms with Crippen molar-refractivity contribution in [2.75, 3.05) is 26.7 Å². The van der Waals surface area contributed by atoms with E-state index in [1.165, 1.54) is 22.5 Å². The third-order valence-corrected chi connectivity index (χ3v) is 7.17. The number of nitrogens with one attached hydrogen (secondary N) is 1. The molecule has 10 heteroatoms. The van der Waals surface area contributed by atoms with Gasteiger partial charge in [-0.25, -0.2) is 8.42 Å². The molecule has 2 aliphatic rings. The molecule has 0 aromatic heterocycles. The van der Waals surface area contributed by atoms with Crippen LogP contribution in [0.25, 0.3) is 0 Å². The van der Waals surface area contributed by atoms with Gasteiger partial charge in [0, 0.05) is 37.8 Å². The van der Waals surface area contributed by atoms with Crippen LogP contribution in [0.1, 0.15) is 25.7 Å². The number of likely N-dealkylation sites (N-methyl/N-ethyl adjacent to an activating group) is 1. The Labute approximate surface area is 158 Å². The number of benzene rings is 1. The van der Waals surface area contributed by atoms with Gasteiger partial charge in [-0.1, -0.05) is 6.07 Å². The van der Waals surface area contributed by atoms with Crippen LogP contribution in [0.15, 0.2) is 29.2 Å². The van der Waals surface area contributed by atoms with Crippen LogP contribution in [-0.2, 0) is 14.8 Å². The first-order valence-electron chi connectivity index (χ1n) is 9.07. The smallest absolute Gasteiger partial charge is 0.270 e. The molecule has 2 fully saturated rings. The van der Waals surface area contributed by atoms with Gasteiger partial charge in [-0.3, -0.25) is 14.9 Å². The summed E-state index contributed by atoms with van der Waals surface area (Å²) in [5.41, 5.74) is -0.286. The van der Waals surface area contributed by atoms with Gasteiger partial charge in [0.1, 0.15) is 6.04 Å². The molecule has 1 amide bonds. The average molecular weight is 396 g/mol. The Kier molecular flexibility index (Phi) is 5.78. The lowest BCUT2D eigenvalue weighted by Gasteiger charge is -2.35. The molecule has 0 saturated carbocycles. The summed E-state index contributed by atoms with van der Waals surface area (Å²) in [6.45, 7) is 1.43. The van der Waals surface area contributed by atoms with Crippen LogP contribution in [0, 0.1) is 10.1 Å². The first-order valence-corrected chi connectivity index (χ1v) is 10.5. The minimum atomic E-state index is -3.98. The number of non-ortho nitro benzene ring substituents is 1. The molecule has 2 aliphatic heterocycles. The van der Waals surface area contributed by atoms with E-state index >= 15 is 0 Å². The van der Waals surface area contributed by atoms with Crippen molar-refractivity contribution >= 4 is 21.6 Å². The van der Waals surface area contributed by atoms with E-state index in [4.69, 9.17) is 0 Å². The Hall–Kier alpha value is -2.04. The van der Waals surface area contributed by atoms with Gasteiger partial charge >= 0.3 is 0 Å². The molecule has 1 aromatic rings. The molecule has 3 rings (SSSR count). The SMILES string of the molecule is CNC1CCCN(C(=O)C2CCCN2S(=O)(=O)c2cccc([N+](=O)[O-])c2)C1. The van der Waals surface area contributed by atoms with Crippen molar-refractivity contribution < 1.29 is 18.1 Å². The lowest BCUT2D eigenvalue weighted by atomic mass is 10.0. The van der Waals surface area contributed by atoms with Crippen LogP contribution in [-0.4, -0.2) is 67.2 Å². The fraction of sp³-hybridized carbons (Fsp3) is 0.588. The number of likely N-dealkylation sites (tertiary alicyclic amines) is 1. The summed E-state index contributed by atoms with van der Waals surface area (Å²) in [5.74, 6) is -0.179. The molecule has 2 heterocycles. The number of nitro benzene ring substituents is 1. The van der Waals surface area contributed by atoms with Crippen LogP contribution in [0.4, 0.5) is 5.69 Å². The Morgan fingerprint density at radius 2 is 2.00 bits per heavy atom. The predicted molar refractivity (Wildman–Crippen MR) is 98.7 cm³/mol. The van der Waals surface area contributed by atoms with E-state index in [0.29, 0.717) is 25.9 Å². The van der Waals surface area contributed by atoms with E-state index in [1.54, 1.807) is 4.90 Å². The topological polar surface area (TPSA) is 113 Å². The summed E-state index contributed by atoms with van der Waals surface area (Å²) in [5, 5.41) is 14.1. The first-order chi connectivity index (χ1) is 12.8. The summed E-state index contributed by atoms with van der Waals surface area (Å²) in [6, 6.07) is 4.45. The van der Waals surface area contributed by atoms with Crippen molar-refractivity contribution in [3.05, 3.63) is 34.4 Å². The molecule has 148 valence electrons. The number of amides is 1. The van der Waals surface area contributed by atoms with E-state index < -0.39 is 21.0 Å². The highest BCUT2D eigenvalue weighted by Gasteiger charge is 2.42. The molecule has 2 unspecified atom stereocenters. The highest BCUT2D eigenvalue weighted by Crippen LogP contribution is 2.29. The molecule has 0 spiro atoms. The second kappa shape index (κ2) is 7.91. The quantitative estimate of drug-likeness (QED) is 0.586. The van der Waals surface area contributed by atoms with Crippen molar-refractivity contribution in [2.45, 2.75) is 42.7 Å². The van der Waals surface area contributed by atoms with Gasteiger partial charge in [0.15, 0.2) is 0 Å². The van der Waals surface area contributed by atoms with E-state index in [-0.39, 0.29) is 29.1 Å². The zero-order valence-electron chi connectivity index (χ0n) is 15.2. The maximum absolute atomic E-state index is 13.0. The number of sulfonamides is 1. The second-order valence-corrected chi connectivity index (χ2v) is 8.83. The Bertz CT molecular complexity index is 828. The summed E-state index contributed by atoms with van der Waals surface area (Å²) in [4.78, 5) is 24.9. The molecule has 9 nitrogen and oxygen atoms in total. The highest BCUT2D eigenvalue weighted by atomic mass is 32.2. The number of hydrogen-bond donors (Lipinski definition) is 1. The normalized spacial score (nSPS) is 24.1. The molecule has 2 atom stereocenters. The molecular formula is C17H24N4O5S. The molecule has 0 bridgehead atoms. The molecule has 2 saturated heterocycles. The zero-order valence-corrected chi connectivity index (χ0v) is 16.0. The average Bonchev–Trinajstić information content (AvgIpc) is 3.18. The van der Waals surface area contributed by atoms with E-state index in [0.717, 1.165) is 18.9 Å². The molecule has 1 N–H and O–H groups in total. The van der Waals surface area contributed by atoms with Gasteiger partial charge in [0.05, 0.1) is 9.82 Å². The van der Waals surface area contributed by atoms with Gasteiger partial charge in [-0.2, -0.15) is 4.31 Å². The van der Waals surface area contributed by atoms with Crippen LogP contribution in [0.3, 0.4) is 0 Å². The molecule has 1 aromatic carbocycles.